The second kappa shape index (κ2) is 8.86. The number of hydrogen-bond acceptors (Lipinski definition) is 7. The number of carbonyl (C=O) groups excluding carboxylic acids is 3. The van der Waals surface area contributed by atoms with Crippen molar-refractivity contribution in [2.24, 2.45) is 0 Å². The largest absolute Gasteiger partial charge is 0.488 e. The SMILES string of the molecule is COC(=O)CN1C(=O)NC(=Cc2ccccc2OCc2ccc([N+](=O)[O-])cc2)C1=O. The van der Waals surface area contributed by atoms with Gasteiger partial charge in [-0.25, -0.2) is 9.69 Å². The smallest absolute Gasteiger partial charge is 0.329 e. The fourth-order valence-corrected chi connectivity index (χ4v) is 2.67. The average molecular weight is 411 g/mol. The third-order valence-electron chi connectivity index (χ3n) is 4.24. The number of nitro benzene ring substituents is 1. The maximum atomic E-state index is 12.4. The second-order valence-electron chi connectivity index (χ2n) is 6.21. The zero-order chi connectivity index (χ0) is 21.7. The Morgan fingerprint density at radius 3 is 2.53 bits per heavy atom. The first-order valence-corrected chi connectivity index (χ1v) is 8.75. The van der Waals surface area contributed by atoms with E-state index in [-0.39, 0.29) is 18.0 Å². The van der Waals surface area contributed by atoms with Crippen molar-refractivity contribution in [3.05, 3.63) is 75.5 Å². The van der Waals surface area contributed by atoms with Crippen LogP contribution >= 0.6 is 0 Å². The third kappa shape index (κ3) is 4.61. The van der Waals surface area contributed by atoms with Crippen molar-refractivity contribution in [1.82, 2.24) is 10.2 Å². The first-order chi connectivity index (χ1) is 14.4. The van der Waals surface area contributed by atoms with E-state index in [4.69, 9.17) is 4.74 Å². The Balaban J connectivity index is 1.75. The Labute approximate surface area is 170 Å². The molecule has 1 saturated heterocycles. The zero-order valence-corrected chi connectivity index (χ0v) is 15.9. The number of para-hydroxylation sites is 1. The van der Waals surface area contributed by atoms with Crippen molar-refractivity contribution < 1.29 is 28.8 Å². The summed E-state index contributed by atoms with van der Waals surface area (Å²) in [5.41, 5.74) is 1.23. The van der Waals surface area contributed by atoms with E-state index >= 15 is 0 Å². The van der Waals surface area contributed by atoms with Crippen LogP contribution in [0.3, 0.4) is 0 Å². The molecule has 2 aromatic rings. The Morgan fingerprint density at radius 1 is 1.17 bits per heavy atom. The number of nitrogens with one attached hydrogen (secondary N) is 1. The van der Waals surface area contributed by atoms with Gasteiger partial charge in [-0.3, -0.25) is 19.7 Å². The number of urea groups is 1. The van der Waals surface area contributed by atoms with Gasteiger partial charge < -0.3 is 14.8 Å². The predicted molar refractivity (Wildman–Crippen MR) is 104 cm³/mol. The molecule has 0 aliphatic carbocycles. The van der Waals surface area contributed by atoms with Crippen molar-refractivity contribution in [3.63, 3.8) is 0 Å². The number of methoxy groups -OCH3 is 1. The number of carbonyl (C=O) groups is 3. The highest BCUT2D eigenvalue weighted by Gasteiger charge is 2.35. The lowest BCUT2D eigenvalue weighted by molar-refractivity contribution is -0.384. The van der Waals surface area contributed by atoms with Crippen LogP contribution in [0, 0.1) is 10.1 Å². The van der Waals surface area contributed by atoms with Crippen LogP contribution in [0.4, 0.5) is 10.5 Å². The summed E-state index contributed by atoms with van der Waals surface area (Å²) in [6, 6.07) is 12.1. The topological polar surface area (TPSA) is 128 Å². The zero-order valence-electron chi connectivity index (χ0n) is 15.9. The number of imide groups is 1. The van der Waals surface area contributed by atoms with E-state index in [9.17, 15) is 24.5 Å². The number of nitrogens with zero attached hydrogens (tertiary/aromatic N) is 2. The van der Waals surface area contributed by atoms with Crippen LogP contribution in [0.1, 0.15) is 11.1 Å². The van der Waals surface area contributed by atoms with Crippen LogP contribution in [-0.2, 0) is 20.9 Å². The van der Waals surface area contributed by atoms with Crippen molar-refractivity contribution in [2.75, 3.05) is 13.7 Å². The van der Waals surface area contributed by atoms with Crippen LogP contribution in [0.15, 0.2) is 54.2 Å². The monoisotopic (exact) mass is 411 g/mol. The Kier molecular flexibility index (Phi) is 6.06. The Morgan fingerprint density at radius 2 is 1.87 bits per heavy atom. The molecule has 0 aromatic heterocycles. The van der Waals surface area contributed by atoms with E-state index in [1.54, 1.807) is 36.4 Å². The summed E-state index contributed by atoms with van der Waals surface area (Å²) in [7, 11) is 1.16. The molecule has 154 valence electrons. The van der Waals surface area contributed by atoms with E-state index in [1.807, 2.05) is 0 Å². The quantitative estimate of drug-likeness (QED) is 0.243. The van der Waals surface area contributed by atoms with Gasteiger partial charge in [-0.2, -0.15) is 0 Å². The molecule has 1 N–H and O–H groups in total. The van der Waals surface area contributed by atoms with Gasteiger partial charge in [0.05, 0.1) is 12.0 Å². The molecule has 1 aliphatic heterocycles. The van der Waals surface area contributed by atoms with Crippen LogP contribution in [0.5, 0.6) is 5.75 Å². The number of hydrogen-bond donors (Lipinski definition) is 1. The second-order valence-corrected chi connectivity index (χ2v) is 6.21. The highest BCUT2D eigenvalue weighted by Crippen LogP contribution is 2.24. The van der Waals surface area contributed by atoms with Gasteiger partial charge in [-0.05, 0) is 29.8 Å². The molecular weight excluding hydrogens is 394 g/mol. The van der Waals surface area contributed by atoms with Crippen LogP contribution in [-0.4, -0.2) is 41.4 Å². The highest BCUT2D eigenvalue weighted by atomic mass is 16.6. The van der Waals surface area contributed by atoms with Crippen molar-refractivity contribution >= 4 is 29.7 Å². The average Bonchev–Trinajstić information content (AvgIpc) is 3.00. The van der Waals surface area contributed by atoms with Crippen LogP contribution < -0.4 is 10.1 Å². The number of benzene rings is 2. The summed E-state index contributed by atoms with van der Waals surface area (Å²) in [6.45, 7) is -0.344. The summed E-state index contributed by atoms with van der Waals surface area (Å²) in [5.74, 6) is -0.932. The van der Waals surface area contributed by atoms with Crippen molar-refractivity contribution in [1.29, 1.82) is 0 Å². The lowest BCUT2D eigenvalue weighted by Crippen LogP contribution is -2.36. The van der Waals surface area contributed by atoms with Gasteiger partial charge in [0.1, 0.15) is 24.6 Å². The molecule has 10 nitrogen and oxygen atoms in total. The predicted octanol–water partition coefficient (Wildman–Crippen LogP) is 2.24. The molecular formula is C20H17N3O7. The summed E-state index contributed by atoms with van der Waals surface area (Å²) >= 11 is 0. The molecule has 0 radical (unpaired) electrons. The van der Waals surface area contributed by atoms with Crippen LogP contribution in [0.25, 0.3) is 6.08 Å². The molecule has 0 spiro atoms. The molecule has 0 saturated carbocycles. The minimum atomic E-state index is -0.721. The van der Waals surface area contributed by atoms with Gasteiger partial charge in [0, 0.05) is 17.7 Å². The van der Waals surface area contributed by atoms with Crippen molar-refractivity contribution in [3.8, 4) is 5.75 Å². The summed E-state index contributed by atoms with van der Waals surface area (Å²) in [5, 5.41) is 13.2. The first kappa shape index (κ1) is 20.5. The number of non-ortho nitro benzene ring substituents is 1. The van der Waals surface area contributed by atoms with Crippen LogP contribution in [0.2, 0.25) is 0 Å². The highest BCUT2D eigenvalue weighted by molar-refractivity contribution is 6.15. The maximum Gasteiger partial charge on any atom is 0.329 e. The van der Waals surface area contributed by atoms with E-state index < -0.39 is 29.4 Å². The first-order valence-electron chi connectivity index (χ1n) is 8.75. The normalized spacial score (nSPS) is 14.6. The number of nitro groups is 1. The van der Waals surface area contributed by atoms with Gasteiger partial charge in [-0.15, -0.1) is 0 Å². The standard InChI is InChI=1S/C20H17N3O7/c1-29-18(24)11-22-19(25)16(21-20(22)26)10-14-4-2-3-5-17(14)30-12-13-6-8-15(9-7-13)23(27)28/h2-10H,11-12H2,1H3,(H,21,26). The number of ether oxygens (including phenoxy) is 2. The summed E-state index contributed by atoms with van der Waals surface area (Å²) in [4.78, 5) is 46.8. The fraction of sp³-hybridized carbons (Fsp3) is 0.150. The lowest BCUT2D eigenvalue weighted by atomic mass is 10.1. The van der Waals surface area contributed by atoms with Gasteiger partial charge in [0.2, 0.25) is 0 Å². The third-order valence-corrected chi connectivity index (χ3v) is 4.24. The molecule has 0 atom stereocenters. The Hall–Kier alpha value is -4.21. The van der Waals surface area contributed by atoms with E-state index in [2.05, 4.69) is 10.1 Å². The summed E-state index contributed by atoms with van der Waals surface area (Å²) in [6.07, 6.45) is 1.45. The minimum absolute atomic E-state index is 0.00436. The molecule has 0 bridgehead atoms. The molecule has 3 amide bonds. The molecule has 3 rings (SSSR count). The van der Waals surface area contributed by atoms with Gasteiger partial charge in [0.15, 0.2) is 0 Å². The molecule has 1 aliphatic rings. The fourth-order valence-electron chi connectivity index (χ4n) is 2.67. The molecule has 10 heteroatoms. The molecule has 2 aromatic carbocycles. The molecule has 1 fully saturated rings. The van der Waals surface area contributed by atoms with E-state index in [0.29, 0.717) is 11.3 Å². The Bertz CT molecular complexity index is 1030. The molecule has 0 unspecified atom stereocenters. The van der Waals surface area contributed by atoms with Crippen molar-refractivity contribution in [2.45, 2.75) is 6.61 Å². The van der Waals surface area contributed by atoms with E-state index in [0.717, 1.165) is 17.6 Å². The lowest BCUT2D eigenvalue weighted by Gasteiger charge is -2.10. The number of rotatable bonds is 7. The van der Waals surface area contributed by atoms with Gasteiger partial charge in [-0.1, -0.05) is 18.2 Å². The number of amides is 3. The van der Waals surface area contributed by atoms with E-state index in [1.165, 1.54) is 18.2 Å². The summed E-state index contributed by atoms with van der Waals surface area (Å²) < 4.78 is 10.3. The number of esters is 1. The molecule has 1 heterocycles. The van der Waals surface area contributed by atoms with Gasteiger partial charge in [0.25, 0.3) is 11.6 Å². The van der Waals surface area contributed by atoms with Gasteiger partial charge >= 0.3 is 12.0 Å². The minimum Gasteiger partial charge on any atom is -0.488 e. The molecule has 30 heavy (non-hydrogen) atoms. The maximum absolute atomic E-state index is 12.4.